The zero-order chi connectivity index (χ0) is 18.5. The summed E-state index contributed by atoms with van der Waals surface area (Å²) in [7, 11) is 1.51. The van der Waals surface area contributed by atoms with Crippen LogP contribution in [0.3, 0.4) is 0 Å². The molecule has 1 heterocycles. The molecule has 2 aromatic carbocycles. The number of hydrogen-bond donors (Lipinski definition) is 1. The van der Waals surface area contributed by atoms with E-state index >= 15 is 0 Å². The lowest BCUT2D eigenvalue weighted by atomic mass is 10.2. The van der Waals surface area contributed by atoms with Gasteiger partial charge in [-0.1, -0.05) is 0 Å². The molecule has 0 radical (unpaired) electrons. The smallest absolute Gasteiger partial charge is 0.338 e. The molecule has 26 heavy (non-hydrogen) atoms. The minimum absolute atomic E-state index is 0.0870. The SMILES string of the molecule is COc1ccc(C(=O)NC(=O)COC(=O)c2ccc3c(c2)OCO3)cc1. The minimum atomic E-state index is -0.736. The van der Waals surface area contributed by atoms with Gasteiger partial charge < -0.3 is 18.9 Å². The summed E-state index contributed by atoms with van der Waals surface area (Å²) in [4.78, 5) is 35.7. The summed E-state index contributed by atoms with van der Waals surface area (Å²) in [6, 6.07) is 10.8. The van der Waals surface area contributed by atoms with E-state index < -0.39 is 24.4 Å². The van der Waals surface area contributed by atoms with Gasteiger partial charge in [0.2, 0.25) is 6.79 Å². The lowest BCUT2D eigenvalue weighted by Crippen LogP contribution is -2.34. The van der Waals surface area contributed by atoms with Crippen molar-refractivity contribution in [2.24, 2.45) is 0 Å². The van der Waals surface area contributed by atoms with Gasteiger partial charge in [0, 0.05) is 5.56 Å². The number of methoxy groups -OCH3 is 1. The van der Waals surface area contributed by atoms with Crippen LogP contribution in [0.2, 0.25) is 0 Å². The summed E-state index contributed by atoms with van der Waals surface area (Å²) < 4.78 is 20.2. The van der Waals surface area contributed by atoms with Gasteiger partial charge in [-0.2, -0.15) is 0 Å². The predicted octanol–water partition coefficient (Wildman–Crippen LogP) is 1.54. The fourth-order valence-electron chi connectivity index (χ4n) is 2.22. The number of hydrogen-bond acceptors (Lipinski definition) is 7. The van der Waals surface area contributed by atoms with Crippen LogP contribution in [0.1, 0.15) is 20.7 Å². The fraction of sp³-hybridized carbons (Fsp3) is 0.167. The summed E-state index contributed by atoms with van der Waals surface area (Å²) in [5.41, 5.74) is 0.491. The second-order valence-electron chi connectivity index (χ2n) is 5.25. The zero-order valence-corrected chi connectivity index (χ0v) is 13.8. The fourth-order valence-corrected chi connectivity index (χ4v) is 2.22. The molecular formula is C18H15NO7. The molecular weight excluding hydrogens is 342 g/mol. The highest BCUT2D eigenvalue weighted by molar-refractivity contribution is 6.05. The number of esters is 1. The Morgan fingerprint density at radius 2 is 1.69 bits per heavy atom. The Kier molecular flexibility index (Phi) is 5.02. The number of ether oxygens (including phenoxy) is 4. The van der Waals surface area contributed by atoms with E-state index in [4.69, 9.17) is 18.9 Å². The van der Waals surface area contributed by atoms with Crippen LogP contribution in [-0.4, -0.2) is 38.3 Å². The number of carbonyl (C=O) groups excluding carboxylic acids is 3. The maximum absolute atomic E-state index is 12.0. The number of rotatable bonds is 5. The van der Waals surface area contributed by atoms with Gasteiger partial charge in [0.1, 0.15) is 5.75 Å². The molecule has 0 atom stereocenters. The predicted molar refractivity (Wildman–Crippen MR) is 88.3 cm³/mol. The quantitative estimate of drug-likeness (QED) is 0.810. The topological polar surface area (TPSA) is 100 Å². The van der Waals surface area contributed by atoms with Crippen molar-refractivity contribution in [2.45, 2.75) is 0 Å². The Hall–Kier alpha value is -3.55. The Bertz CT molecular complexity index is 845. The molecule has 0 saturated carbocycles. The van der Waals surface area contributed by atoms with Crippen molar-refractivity contribution in [2.75, 3.05) is 20.5 Å². The molecule has 1 N–H and O–H groups in total. The van der Waals surface area contributed by atoms with Gasteiger partial charge in [-0.3, -0.25) is 14.9 Å². The third-order valence-corrected chi connectivity index (χ3v) is 3.55. The number of amides is 2. The van der Waals surface area contributed by atoms with E-state index in [2.05, 4.69) is 5.32 Å². The highest BCUT2D eigenvalue weighted by Gasteiger charge is 2.18. The van der Waals surface area contributed by atoms with Crippen LogP contribution in [0, 0.1) is 0 Å². The summed E-state index contributed by atoms with van der Waals surface area (Å²) in [6.45, 7) is -0.501. The van der Waals surface area contributed by atoms with Crippen LogP contribution in [0.5, 0.6) is 17.2 Å². The first-order valence-electron chi connectivity index (χ1n) is 7.62. The van der Waals surface area contributed by atoms with Crippen LogP contribution in [0.25, 0.3) is 0 Å². The average molecular weight is 357 g/mol. The van der Waals surface area contributed by atoms with Gasteiger partial charge in [0.15, 0.2) is 18.1 Å². The first kappa shape index (κ1) is 17.3. The van der Waals surface area contributed by atoms with Crippen molar-refractivity contribution >= 4 is 17.8 Å². The normalized spacial score (nSPS) is 11.6. The summed E-state index contributed by atoms with van der Waals surface area (Å²) >= 11 is 0. The molecule has 0 spiro atoms. The molecule has 0 aliphatic carbocycles. The summed E-state index contributed by atoms with van der Waals surface area (Å²) in [6.07, 6.45) is 0. The third-order valence-electron chi connectivity index (χ3n) is 3.55. The Labute approximate surface area is 148 Å². The standard InChI is InChI=1S/C18H15NO7/c1-23-13-5-2-11(3-6-13)17(21)19-16(20)9-24-18(22)12-4-7-14-15(8-12)26-10-25-14/h2-8H,9-10H2,1H3,(H,19,20,21). The Balaban J connectivity index is 1.51. The molecule has 134 valence electrons. The van der Waals surface area contributed by atoms with Crippen LogP contribution in [0.4, 0.5) is 0 Å². The molecule has 0 aromatic heterocycles. The zero-order valence-electron chi connectivity index (χ0n) is 13.8. The van der Waals surface area contributed by atoms with Gasteiger partial charge in [0.05, 0.1) is 12.7 Å². The first-order valence-corrected chi connectivity index (χ1v) is 7.62. The van der Waals surface area contributed by atoms with E-state index in [-0.39, 0.29) is 17.9 Å². The van der Waals surface area contributed by atoms with E-state index in [9.17, 15) is 14.4 Å². The third kappa shape index (κ3) is 3.92. The van der Waals surface area contributed by atoms with Gasteiger partial charge >= 0.3 is 5.97 Å². The largest absolute Gasteiger partial charge is 0.497 e. The summed E-state index contributed by atoms with van der Waals surface area (Å²) in [5, 5.41) is 2.14. The molecule has 0 saturated heterocycles. The number of carbonyl (C=O) groups is 3. The summed E-state index contributed by atoms with van der Waals surface area (Å²) in [5.74, 6) is -0.500. The molecule has 0 bridgehead atoms. The maximum atomic E-state index is 12.0. The average Bonchev–Trinajstić information content (AvgIpc) is 3.13. The maximum Gasteiger partial charge on any atom is 0.338 e. The van der Waals surface area contributed by atoms with Crippen LogP contribution < -0.4 is 19.5 Å². The lowest BCUT2D eigenvalue weighted by molar-refractivity contribution is -0.123. The van der Waals surface area contributed by atoms with Crippen molar-refractivity contribution in [3.05, 3.63) is 53.6 Å². The Morgan fingerprint density at radius 1 is 1.00 bits per heavy atom. The second-order valence-corrected chi connectivity index (χ2v) is 5.25. The Morgan fingerprint density at radius 3 is 2.42 bits per heavy atom. The van der Waals surface area contributed by atoms with Crippen LogP contribution in [-0.2, 0) is 9.53 Å². The highest BCUT2D eigenvalue weighted by Crippen LogP contribution is 2.32. The highest BCUT2D eigenvalue weighted by atomic mass is 16.7. The van der Waals surface area contributed by atoms with E-state index in [0.29, 0.717) is 17.2 Å². The van der Waals surface area contributed by atoms with Crippen LogP contribution >= 0.6 is 0 Å². The van der Waals surface area contributed by atoms with Crippen molar-refractivity contribution in [3.63, 3.8) is 0 Å². The number of benzene rings is 2. The van der Waals surface area contributed by atoms with Crippen molar-refractivity contribution in [1.29, 1.82) is 0 Å². The van der Waals surface area contributed by atoms with E-state index in [1.807, 2.05) is 0 Å². The molecule has 2 amide bonds. The first-order chi connectivity index (χ1) is 12.6. The van der Waals surface area contributed by atoms with Crippen molar-refractivity contribution in [3.8, 4) is 17.2 Å². The molecule has 0 unspecified atom stereocenters. The second kappa shape index (κ2) is 7.56. The molecule has 0 fully saturated rings. The number of nitrogens with one attached hydrogen (secondary N) is 1. The molecule has 3 rings (SSSR count). The molecule has 8 heteroatoms. The van der Waals surface area contributed by atoms with E-state index in [1.54, 1.807) is 18.2 Å². The monoisotopic (exact) mass is 357 g/mol. The lowest BCUT2D eigenvalue weighted by Gasteiger charge is -2.07. The molecule has 2 aromatic rings. The minimum Gasteiger partial charge on any atom is -0.497 e. The molecule has 1 aliphatic rings. The van der Waals surface area contributed by atoms with Crippen molar-refractivity contribution in [1.82, 2.24) is 5.32 Å². The van der Waals surface area contributed by atoms with Gasteiger partial charge in [-0.25, -0.2) is 4.79 Å². The van der Waals surface area contributed by atoms with Gasteiger partial charge in [0.25, 0.3) is 11.8 Å². The number of imide groups is 1. The van der Waals surface area contributed by atoms with Gasteiger partial charge in [-0.05, 0) is 42.5 Å². The van der Waals surface area contributed by atoms with E-state index in [0.717, 1.165) is 0 Å². The van der Waals surface area contributed by atoms with Gasteiger partial charge in [-0.15, -0.1) is 0 Å². The molecule has 8 nitrogen and oxygen atoms in total. The van der Waals surface area contributed by atoms with Crippen LogP contribution in [0.15, 0.2) is 42.5 Å². The van der Waals surface area contributed by atoms with Crippen molar-refractivity contribution < 1.29 is 33.3 Å². The molecule has 1 aliphatic heterocycles. The van der Waals surface area contributed by atoms with E-state index in [1.165, 1.54) is 31.4 Å². The number of fused-ring (bicyclic) bond motifs is 1.